The molecule has 84 valence electrons. The number of halogens is 1. The van der Waals surface area contributed by atoms with Crippen LogP contribution in [0.4, 0.5) is 0 Å². The highest BCUT2D eigenvalue weighted by Crippen LogP contribution is 2.21. The zero-order valence-corrected chi connectivity index (χ0v) is 10.6. The standard InChI is InChI=1S/C10H11BrN4O/c1-14(2)9(16)6-15-4-3-7-8(15)5-12-13-10(7)11/h3-5H,6H2,1-2H3. The summed E-state index contributed by atoms with van der Waals surface area (Å²) in [6, 6.07) is 1.91. The summed E-state index contributed by atoms with van der Waals surface area (Å²) in [6.07, 6.45) is 3.52. The van der Waals surface area contributed by atoms with E-state index in [0.717, 1.165) is 10.9 Å². The van der Waals surface area contributed by atoms with E-state index in [1.165, 1.54) is 0 Å². The monoisotopic (exact) mass is 282 g/mol. The van der Waals surface area contributed by atoms with E-state index >= 15 is 0 Å². The van der Waals surface area contributed by atoms with Crippen molar-refractivity contribution in [2.24, 2.45) is 0 Å². The van der Waals surface area contributed by atoms with Gasteiger partial charge in [0.25, 0.3) is 0 Å². The summed E-state index contributed by atoms with van der Waals surface area (Å²) in [6.45, 7) is 0.314. The summed E-state index contributed by atoms with van der Waals surface area (Å²) in [5, 5.41) is 8.71. The lowest BCUT2D eigenvalue weighted by atomic mass is 10.4. The van der Waals surface area contributed by atoms with Gasteiger partial charge in [0.2, 0.25) is 5.91 Å². The van der Waals surface area contributed by atoms with Gasteiger partial charge in [-0.05, 0) is 22.0 Å². The van der Waals surface area contributed by atoms with Crippen LogP contribution >= 0.6 is 15.9 Å². The molecule has 16 heavy (non-hydrogen) atoms. The second-order valence-corrected chi connectivity index (χ2v) is 4.42. The van der Waals surface area contributed by atoms with Gasteiger partial charge in [0, 0.05) is 25.7 Å². The normalized spacial score (nSPS) is 10.7. The molecule has 0 fully saturated rings. The predicted octanol–water partition coefficient (Wildman–Crippen LogP) is 1.28. The second-order valence-electron chi connectivity index (χ2n) is 3.67. The Balaban J connectivity index is 2.39. The Hall–Kier alpha value is -1.43. The third-order valence-corrected chi connectivity index (χ3v) is 2.94. The van der Waals surface area contributed by atoms with Gasteiger partial charge in [0.05, 0.1) is 11.7 Å². The summed E-state index contributed by atoms with van der Waals surface area (Å²) >= 11 is 3.32. The molecule has 0 unspecified atom stereocenters. The van der Waals surface area contributed by atoms with Crippen LogP contribution in [0.1, 0.15) is 0 Å². The molecule has 0 aliphatic carbocycles. The fraction of sp³-hybridized carbons (Fsp3) is 0.300. The van der Waals surface area contributed by atoms with Crippen molar-refractivity contribution in [3.05, 3.63) is 23.1 Å². The van der Waals surface area contributed by atoms with Crippen LogP contribution < -0.4 is 0 Å². The Morgan fingerprint density at radius 3 is 3.00 bits per heavy atom. The number of hydrogen-bond acceptors (Lipinski definition) is 3. The number of nitrogens with zero attached hydrogens (tertiary/aromatic N) is 4. The molecular formula is C10H11BrN4O. The van der Waals surface area contributed by atoms with Gasteiger partial charge in [0.1, 0.15) is 11.1 Å². The van der Waals surface area contributed by atoms with E-state index in [2.05, 4.69) is 26.1 Å². The molecule has 0 N–H and O–H groups in total. The molecule has 2 heterocycles. The van der Waals surface area contributed by atoms with Gasteiger partial charge in [-0.1, -0.05) is 0 Å². The lowest BCUT2D eigenvalue weighted by Crippen LogP contribution is -2.25. The first-order valence-electron chi connectivity index (χ1n) is 4.76. The first-order valence-corrected chi connectivity index (χ1v) is 5.55. The van der Waals surface area contributed by atoms with Gasteiger partial charge in [0.15, 0.2) is 0 Å². The van der Waals surface area contributed by atoms with Crippen molar-refractivity contribution in [1.82, 2.24) is 19.7 Å². The number of amides is 1. The van der Waals surface area contributed by atoms with E-state index in [1.807, 2.05) is 16.8 Å². The van der Waals surface area contributed by atoms with Crippen molar-refractivity contribution < 1.29 is 4.79 Å². The van der Waals surface area contributed by atoms with Gasteiger partial charge in [-0.2, -0.15) is 5.10 Å². The van der Waals surface area contributed by atoms with Crippen LogP contribution in [-0.4, -0.2) is 39.7 Å². The topological polar surface area (TPSA) is 51.0 Å². The maximum Gasteiger partial charge on any atom is 0.241 e. The highest BCUT2D eigenvalue weighted by atomic mass is 79.9. The van der Waals surface area contributed by atoms with Crippen molar-refractivity contribution >= 4 is 32.7 Å². The van der Waals surface area contributed by atoms with Crippen molar-refractivity contribution in [2.75, 3.05) is 14.1 Å². The van der Waals surface area contributed by atoms with E-state index in [1.54, 1.807) is 25.2 Å². The van der Waals surface area contributed by atoms with Gasteiger partial charge in [-0.3, -0.25) is 4.79 Å². The summed E-state index contributed by atoms with van der Waals surface area (Å²) in [5.41, 5.74) is 0.900. The van der Waals surface area contributed by atoms with Crippen LogP contribution in [0, 0.1) is 0 Å². The van der Waals surface area contributed by atoms with E-state index < -0.39 is 0 Å². The lowest BCUT2D eigenvalue weighted by Gasteiger charge is -2.11. The SMILES string of the molecule is CN(C)C(=O)Cn1ccc2c(Br)nncc21. The maximum atomic E-state index is 11.6. The molecule has 0 spiro atoms. The Kier molecular flexibility index (Phi) is 2.91. The molecule has 5 nitrogen and oxygen atoms in total. The molecule has 2 rings (SSSR count). The predicted molar refractivity (Wildman–Crippen MR) is 63.9 cm³/mol. The van der Waals surface area contributed by atoms with Gasteiger partial charge in [-0.15, -0.1) is 5.10 Å². The molecule has 0 aromatic carbocycles. The Morgan fingerprint density at radius 2 is 2.31 bits per heavy atom. The van der Waals surface area contributed by atoms with E-state index in [-0.39, 0.29) is 5.91 Å². The van der Waals surface area contributed by atoms with Crippen molar-refractivity contribution in [2.45, 2.75) is 6.54 Å². The molecular weight excluding hydrogens is 272 g/mol. The van der Waals surface area contributed by atoms with Crippen molar-refractivity contribution in [3.8, 4) is 0 Å². The highest BCUT2D eigenvalue weighted by molar-refractivity contribution is 9.10. The Morgan fingerprint density at radius 1 is 1.56 bits per heavy atom. The molecule has 0 saturated heterocycles. The number of aromatic nitrogens is 3. The maximum absolute atomic E-state index is 11.6. The van der Waals surface area contributed by atoms with Crippen molar-refractivity contribution in [3.63, 3.8) is 0 Å². The number of carbonyl (C=O) groups excluding carboxylic acids is 1. The van der Waals surface area contributed by atoms with Crippen LogP contribution in [0.15, 0.2) is 23.1 Å². The summed E-state index contributed by atoms with van der Waals surface area (Å²) in [7, 11) is 3.48. The number of rotatable bonds is 2. The first kappa shape index (κ1) is 11.1. The smallest absolute Gasteiger partial charge is 0.241 e. The van der Waals surface area contributed by atoms with Gasteiger partial charge in [-0.25, -0.2) is 0 Å². The first-order chi connectivity index (χ1) is 7.59. The largest absolute Gasteiger partial charge is 0.347 e. The number of fused-ring (bicyclic) bond motifs is 1. The molecule has 0 radical (unpaired) electrons. The average Bonchev–Trinajstić information content (AvgIpc) is 2.63. The van der Waals surface area contributed by atoms with E-state index in [9.17, 15) is 4.79 Å². The fourth-order valence-corrected chi connectivity index (χ4v) is 1.84. The fourth-order valence-electron chi connectivity index (χ4n) is 1.42. The zero-order valence-electron chi connectivity index (χ0n) is 9.01. The Labute approximate surface area is 101 Å². The third kappa shape index (κ3) is 1.92. The van der Waals surface area contributed by atoms with E-state index in [0.29, 0.717) is 11.1 Å². The molecule has 0 atom stereocenters. The summed E-state index contributed by atoms with van der Waals surface area (Å²) < 4.78 is 2.55. The lowest BCUT2D eigenvalue weighted by molar-refractivity contribution is -0.129. The Bertz CT molecular complexity index is 535. The number of hydrogen-bond donors (Lipinski definition) is 0. The molecule has 1 amide bonds. The van der Waals surface area contributed by atoms with Crippen LogP contribution in [0.25, 0.3) is 10.9 Å². The minimum absolute atomic E-state index is 0.0467. The molecule has 0 aliphatic rings. The molecule has 2 aromatic heterocycles. The second kappa shape index (κ2) is 4.21. The molecule has 2 aromatic rings. The molecule has 0 saturated carbocycles. The van der Waals surface area contributed by atoms with Crippen LogP contribution in [0.5, 0.6) is 0 Å². The van der Waals surface area contributed by atoms with Crippen molar-refractivity contribution in [1.29, 1.82) is 0 Å². The van der Waals surface area contributed by atoms with Gasteiger partial charge < -0.3 is 9.47 Å². The van der Waals surface area contributed by atoms with Gasteiger partial charge >= 0.3 is 0 Å². The zero-order chi connectivity index (χ0) is 11.7. The minimum atomic E-state index is 0.0467. The molecule has 0 bridgehead atoms. The van der Waals surface area contributed by atoms with E-state index in [4.69, 9.17) is 0 Å². The molecule has 0 aliphatic heterocycles. The number of carbonyl (C=O) groups is 1. The summed E-state index contributed by atoms with van der Waals surface area (Å²) in [5.74, 6) is 0.0467. The van der Waals surface area contributed by atoms with Crippen LogP contribution in [-0.2, 0) is 11.3 Å². The average molecular weight is 283 g/mol. The molecule has 6 heteroatoms. The minimum Gasteiger partial charge on any atom is -0.347 e. The van der Waals surface area contributed by atoms with Crippen LogP contribution in [0.2, 0.25) is 0 Å². The number of likely N-dealkylation sites (N-methyl/N-ethyl adjacent to an activating group) is 1. The quantitative estimate of drug-likeness (QED) is 0.834. The summed E-state index contributed by atoms with van der Waals surface area (Å²) in [4.78, 5) is 13.2. The van der Waals surface area contributed by atoms with Crippen LogP contribution in [0.3, 0.4) is 0 Å². The third-order valence-electron chi connectivity index (χ3n) is 2.36. The highest BCUT2D eigenvalue weighted by Gasteiger charge is 2.09.